The number of carbonyl (C=O) groups is 1. The summed E-state index contributed by atoms with van der Waals surface area (Å²) < 4.78 is 5.67. The summed E-state index contributed by atoms with van der Waals surface area (Å²) in [5, 5.41) is 2.92. The molecule has 0 unspecified atom stereocenters. The van der Waals surface area contributed by atoms with Crippen LogP contribution in [0.15, 0.2) is 18.2 Å². The van der Waals surface area contributed by atoms with E-state index in [1.165, 1.54) is 0 Å². The number of anilines is 1. The highest BCUT2D eigenvalue weighted by atomic mass is 16.5. The lowest BCUT2D eigenvalue weighted by molar-refractivity contribution is 0.0952. The van der Waals surface area contributed by atoms with E-state index in [2.05, 4.69) is 19.2 Å². The standard InChI is InChI=1S/C17H28N2O2/c1-3-5-7-11-19-17(20)14-9-10-15(18)16(13-14)21-12-8-6-4-2/h9-10,13H,3-8,11-12,18H2,1-2H3,(H,19,20). The Hall–Kier alpha value is -1.71. The molecule has 0 aromatic heterocycles. The van der Waals surface area contributed by atoms with Gasteiger partial charge in [0.2, 0.25) is 0 Å². The van der Waals surface area contributed by atoms with E-state index in [1.54, 1.807) is 18.2 Å². The molecule has 118 valence electrons. The van der Waals surface area contributed by atoms with Crippen molar-refractivity contribution in [1.82, 2.24) is 5.32 Å². The zero-order chi connectivity index (χ0) is 15.5. The molecule has 4 nitrogen and oxygen atoms in total. The Morgan fingerprint density at radius 2 is 1.86 bits per heavy atom. The molecule has 4 heteroatoms. The van der Waals surface area contributed by atoms with Gasteiger partial charge in [-0.3, -0.25) is 4.79 Å². The van der Waals surface area contributed by atoms with E-state index >= 15 is 0 Å². The highest BCUT2D eigenvalue weighted by Crippen LogP contribution is 2.23. The van der Waals surface area contributed by atoms with Crippen LogP contribution < -0.4 is 15.8 Å². The van der Waals surface area contributed by atoms with Crippen molar-refractivity contribution in [3.05, 3.63) is 23.8 Å². The van der Waals surface area contributed by atoms with Crippen molar-refractivity contribution in [3.8, 4) is 5.75 Å². The van der Waals surface area contributed by atoms with E-state index < -0.39 is 0 Å². The van der Waals surface area contributed by atoms with E-state index in [4.69, 9.17) is 10.5 Å². The summed E-state index contributed by atoms with van der Waals surface area (Å²) in [7, 11) is 0. The second-order valence-electron chi connectivity index (χ2n) is 5.27. The van der Waals surface area contributed by atoms with Crippen LogP contribution in [0.25, 0.3) is 0 Å². The van der Waals surface area contributed by atoms with Crippen LogP contribution in [-0.2, 0) is 0 Å². The summed E-state index contributed by atoms with van der Waals surface area (Å²) in [4.78, 5) is 12.0. The summed E-state index contributed by atoms with van der Waals surface area (Å²) in [5.41, 5.74) is 7.07. The molecule has 1 rings (SSSR count). The van der Waals surface area contributed by atoms with Crippen LogP contribution in [0.3, 0.4) is 0 Å². The van der Waals surface area contributed by atoms with Gasteiger partial charge in [0, 0.05) is 12.1 Å². The molecule has 1 amide bonds. The molecule has 0 atom stereocenters. The van der Waals surface area contributed by atoms with Gasteiger partial charge in [0.1, 0.15) is 5.75 Å². The van der Waals surface area contributed by atoms with Crippen molar-refractivity contribution in [1.29, 1.82) is 0 Å². The highest BCUT2D eigenvalue weighted by molar-refractivity contribution is 5.95. The predicted octanol–water partition coefficient (Wildman–Crippen LogP) is 3.76. The predicted molar refractivity (Wildman–Crippen MR) is 87.7 cm³/mol. The number of hydrogen-bond acceptors (Lipinski definition) is 3. The van der Waals surface area contributed by atoms with E-state index in [-0.39, 0.29) is 5.91 Å². The lowest BCUT2D eigenvalue weighted by Gasteiger charge is -2.11. The van der Waals surface area contributed by atoms with Gasteiger partial charge >= 0.3 is 0 Å². The molecule has 0 spiro atoms. The van der Waals surface area contributed by atoms with Crippen LogP contribution in [-0.4, -0.2) is 19.1 Å². The number of benzene rings is 1. The summed E-state index contributed by atoms with van der Waals surface area (Å²) in [6, 6.07) is 5.20. The van der Waals surface area contributed by atoms with Crippen LogP contribution in [0, 0.1) is 0 Å². The largest absolute Gasteiger partial charge is 0.491 e. The molecule has 0 saturated carbocycles. The molecule has 21 heavy (non-hydrogen) atoms. The van der Waals surface area contributed by atoms with Gasteiger partial charge in [-0.1, -0.05) is 39.5 Å². The number of unbranched alkanes of at least 4 members (excludes halogenated alkanes) is 4. The minimum atomic E-state index is -0.0653. The Morgan fingerprint density at radius 1 is 1.14 bits per heavy atom. The second-order valence-corrected chi connectivity index (χ2v) is 5.27. The van der Waals surface area contributed by atoms with Crippen molar-refractivity contribution >= 4 is 11.6 Å². The van der Waals surface area contributed by atoms with Crippen molar-refractivity contribution in [2.45, 2.75) is 52.4 Å². The average molecular weight is 292 g/mol. The minimum Gasteiger partial charge on any atom is -0.491 e. The number of rotatable bonds is 10. The topological polar surface area (TPSA) is 64.4 Å². The molecule has 0 bridgehead atoms. The second kappa shape index (κ2) is 10.1. The lowest BCUT2D eigenvalue weighted by Crippen LogP contribution is -2.24. The van der Waals surface area contributed by atoms with Crippen LogP contribution in [0.5, 0.6) is 5.75 Å². The lowest BCUT2D eigenvalue weighted by atomic mass is 10.1. The number of nitrogens with one attached hydrogen (secondary N) is 1. The van der Waals surface area contributed by atoms with E-state index in [0.717, 1.165) is 38.5 Å². The van der Waals surface area contributed by atoms with E-state index in [9.17, 15) is 4.79 Å². The SMILES string of the molecule is CCCCCNC(=O)c1ccc(N)c(OCCCCC)c1. The zero-order valence-corrected chi connectivity index (χ0v) is 13.3. The maximum atomic E-state index is 12.0. The Labute approximate surface area is 128 Å². The third-order valence-electron chi connectivity index (χ3n) is 3.35. The van der Waals surface area contributed by atoms with Crippen molar-refractivity contribution in [2.75, 3.05) is 18.9 Å². The number of ether oxygens (including phenoxy) is 1. The van der Waals surface area contributed by atoms with Crippen molar-refractivity contribution < 1.29 is 9.53 Å². The molecule has 0 saturated heterocycles. The number of carbonyl (C=O) groups excluding carboxylic acids is 1. The summed E-state index contributed by atoms with van der Waals surface area (Å²) >= 11 is 0. The van der Waals surface area contributed by atoms with Crippen molar-refractivity contribution in [2.24, 2.45) is 0 Å². The number of hydrogen-bond donors (Lipinski definition) is 2. The molecule has 0 radical (unpaired) electrons. The molecule has 0 aliphatic rings. The van der Waals surface area contributed by atoms with Gasteiger partial charge in [-0.25, -0.2) is 0 Å². The molecule has 0 aliphatic heterocycles. The van der Waals surface area contributed by atoms with E-state index in [1.807, 2.05) is 0 Å². The summed E-state index contributed by atoms with van der Waals surface area (Å²) in [6.45, 7) is 5.64. The Morgan fingerprint density at radius 3 is 2.57 bits per heavy atom. The normalized spacial score (nSPS) is 10.4. The van der Waals surface area contributed by atoms with Gasteiger partial charge in [0.25, 0.3) is 5.91 Å². The van der Waals surface area contributed by atoms with Gasteiger partial charge < -0.3 is 15.8 Å². The zero-order valence-electron chi connectivity index (χ0n) is 13.3. The fraction of sp³-hybridized carbons (Fsp3) is 0.588. The fourth-order valence-corrected chi connectivity index (χ4v) is 2.01. The molecule has 1 aromatic rings. The highest BCUT2D eigenvalue weighted by Gasteiger charge is 2.08. The maximum Gasteiger partial charge on any atom is 0.251 e. The fourth-order valence-electron chi connectivity index (χ4n) is 2.01. The minimum absolute atomic E-state index is 0.0653. The van der Waals surface area contributed by atoms with Gasteiger partial charge in [-0.2, -0.15) is 0 Å². The summed E-state index contributed by atoms with van der Waals surface area (Å²) in [5.74, 6) is 0.539. The van der Waals surface area contributed by atoms with Crippen LogP contribution in [0.1, 0.15) is 62.7 Å². The maximum absolute atomic E-state index is 12.0. The molecule has 0 fully saturated rings. The smallest absolute Gasteiger partial charge is 0.251 e. The Bertz CT molecular complexity index is 433. The number of nitrogen functional groups attached to an aromatic ring is 1. The quantitative estimate of drug-likeness (QED) is 0.510. The summed E-state index contributed by atoms with van der Waals surface area (Å²) in [6.07, 6.45) is 6.58. The number of nitrogens with two attached hydrogens (primary N) is 1. The van der Waals surface area contributed by atoms with Gasteiger partial charge in [-0.15, -0.1) is 0 Å². The Kier molecular flexibility index (Phi) is 8.32. The van der Waals surface area contributed by atoms with Gasteiger partial charge in [0.05, 0.1) is 12.3 Å². The van der Waals surface area contributed by atoms with Crippen molar-refractivity contribution in [3.63, 3.8) is 0 Å². The van der Waals surface area contributed by atoms with Crippen LogP contribution in [0.4, 0.5) is 5.69 Å². The first-order valence-electron chi connectivity index (χ1n) is 7.99. The monoisotopic (exact) mass is 292 g/mol. The van der Waals surface area contributed by atoms with E-state index in [0.29, 0.717) is 30.2 Å². The first-order valence-corrected chi connectivity index (χ1v) is 7.99. The molecular weight excluding hydrogens is 264 g/mol. The third-order valence-corrected chi connectivity index (χ3v) is 3.35. The molecule has 1 aromatic carbocycles. The average Bonchev–Trinajstić information content (AvgIpc) is 2.49. The molecule has 0 aliphatic carbocycles. The third kappa shape index (κ3) is 6.52. The molecule has 3 N–H and O–H groups in total. The first-order chi connectivity index (χ1) is 10.2. The van der Waals surface area contributed by atoms with Crippen LogP contribution in [0.2, 0.25) is 0 Å². The number of amides is 1. The van der Waals surface area contributed by atoms with Gasteiger partial charge in [-0.05, 0) is 31.0 Å². The Balaban J connectivity index is 2.52. The first kappa shape index (κ1) is 17.3. The molecular formula is C17H28N2O2. The molecule has 0 heterocycles. The van der Waals surface area contributed by atoms with Crippen LogP contribution >= 0.6 is 0 Å². The van der Waals surface area contributed by atoms with Gasteiger partial charge in [0.15, 0.2) is 0 Å².